The Kier molecular flexibility index (Phi) is 3.00. The lowest BCUT2D eigenvalue weighted by atomic mass is 9.96. The first-order chi connectivity index (χ1) is 8.71. The summed E-state index contributed by atoms with van der Waals surface area (Å²) in [5.41, 5.74) is 1.78. The molecule has 1 heterocycles. The number of carbonyl (C=O) groups is 1. The first kappa shape index (κ1) is 13.4. The van der Waals surface area contributed by atoms with E-state index in [9.17, 15) is 4.79 Å². The monoisotopic (exact) mass is 261 g/mol. The second-order valence-corrected chi connectivity index (χ2v) is 5.85. The summed E-state index contributed by atoms with van der Waals surface area (Å²) in [4.78, 5) is 15.7. The fraction of sp³-hybridized carbons (Fsp3) is 0.429. The molecule has 1 aromatic heterocycles. The highest BCUT2D eigenvalue weighted by molar-refractivity contribution is 5.92. The van der Waals surface area contributed by atoms with Crippen LogP contribution in [0.5, 0.6) is 0 Å². The van der Waals surface area contributed by atoms with Gasteiger partial charge in [-0.25, -0.2) is 14.5 Å². The summed E-state index contributed by atoms with van der Waals surface area (Å²) in [6, 6.07) is 5.01. The summed E-state index contributed by atoms with van der Waals surface area (Å²) >= 11 is 0. The molecule has 2 rings (SSSR count). The van der Waals surface area contributed by atoms with E-state index in [0.29, 0.717) is 0 Å². The van der Waals surface area contributed by atoms with Gasteiger partial charge < -0.3 is 10.1 Å². The molecule has 5 nitrogen and oxygen atoms in total. The van der Waals surface area contributed by atoms with E-state index in [2.05, 4.69) is 25.8 Å². The van der Waals surface area contributed by atoms with Gasteiger partial charge in [0.2, 0.25) is 0 Å². The number of carboxylic acid groups (broad SMARTS) is 1. The maximum atomic E-state index is 11.1. The molecule has 0 saturated heterocycles. The van der Waals surface area contributed by atoms with Crippen LogP contribution in [-0.2, 0) is 5.41 Å². The number of hydrogen-bond acceptors (Lipinski definition) is 3. The highest BCUT2D eigenvalue weighted by atomic mass is 16.4. The number of nitrogens with zero attached hydrogens (tertiary/aromatic N) is 3. The zero-order valence-electron chi connectivity index (χ0n) is 11.9. The van der Waals surface area contributed by atoms with Gasteiger partial charge in [-0.15, -0.1) is 0 Å². The Labute approximate surface area is 112 Å². The lowest BCUT2D eigenvalue weighted by Crippen LogP contribution is -2.31. The minimum Gasteiger partial charge on any atom is -0.478 e. The van der Waals surface area contributed by atoms with E-state index >= 15 is 0 Å². The quantitative estimate of drug-likeness (QED) is 0.900. The average molecular weight is 261 g/mol. The molecule has 0 aliphatic carbocycles. The molecule has 0 bridgehead atoms. The average Bonchev–Trinajstić information content (AvgIpc) is 2.66. The lowest BCUT2D eigenvalue weighted by Gasteiger charge is -2.25. The molecule has 0 spiro atoms. The molecule has 0 fully saturated rings. The standard InChI is InChI=1S/C14H19N3O2/c1-14(2,3)13-15-10-7-6-9(12(18)19)8-11(10)17(13)16(4)5/h6-8H,1-5H3,(H,18,19). The molecule has 0 radical (unpaired) electrons. The van der Waals surface area contributed by atoms with E-state index in [0.717, 1.165) is 16.9 Å². The fourth-order valence-electron chi connectivity index (χ4n) is 2.09. The molecule has 0 amide bonds. The SMILES string of the molecule is CN(C)n1c(C(C)(C)C)nc2ccc(C(=O)O)cc21. The van der Waals surface area contributed by atoms with Gasteiger partial charge >= 0.3 is 5.97 Å². The number of hydrogen-bond donors (Lipinski definition) is 1. The molecule has 0 atom stereocenters. The highest BCUT2D eigenvalue weighted by Gasteiger charge is 2.24. The maximum Gasteiger partial charge on any atom is 0.335 e. The van der Waals surface area contributed by atoms with Crippen molar-refractivity contribution in [2.24, 2.45) is 0 Å². The van der Waals surface area contributed by atoms with E-state index in [4.69, 9.17) is 5.11 Å². The van der Waals surface area contributed by atoms with Crippen molar-refractivity contribution in [3.8, 4) is 0 Å². The Balaban J connectivity index is 2.80. The first-order valence-corrected chi connectivity index (χ1v) is 6.15. The molecular formula is C14H19N3O2. The van der Waals surface area contributed by atoms with Crippen LogP contribution in [0, 0.1) is 0 Å². The molecule has 19 heavy (non-hydrogen) atoms. The van der Waals surface area contributed by atoms with Crippen LogP contribution in [0.15, 0.2) is 18.2 Å². The van der Waals surface area contributed by atoms with Crippen LogP contribution < -0.4 is 5.01 Å². The van der Waals surface area contributed by atoms with Gasteiger partial charge in [-0.1, -0.05) is 20.8 Å². The smallest absolute Gasteiger partial charge is 0.335 e. The molecule has 102 valence electrons. The molecule has 0 saturated carbocycles. The van der Waals surface area contributed by atoms with Gasteiger partial charge in [-0.2, -0.15) is 0 Å². The second kappa shape index (κ2) is 4.26. The van der Waals surface area contributed by atoms with Gasteiger partial charge in [0.25, 0.3) is 0 Å². The van der Waals surface area contributed by atoms with Crippen molar-refractivity contribution in [1.82, 2.24) is 9.66 Å². The van der Waals surface area contributed by atoms with Crippen molar-refractivity contribution in [2.45, 2.75) is 26.2 Å². The van der Waals surface area contributed by atoms with Crippen molar-refractivity contribution in [3.05, 3.63) is 29.6 Å². The van der Waals surface area contributed by atoms with E-state index in [1.807, 2.05) is 23.8 Å². The van der Waals surface area contributed by atoms with Gasteiger partial charge in [-0.05, 0) is 18.2 Å². The summed E-state index contributed by atoms with van der Waals surface area (Å²) in [6.45, 7) is 6.27. The second-order valence-electron chi connectivity index (χ2n) is 5.85. The Morgan fingerprint density at radius 1 is 1.32 bits per heavy atom. The Morgan fingerprint density at radius 2 is 1.95 bits per heavy atom. The molecule has 0 aliphatic heterocycles. The van der Waals surface area contributed by atoms with Crippen LogP contribution in [0.3, 0.4) is 0 Å². The molecule has 0 aliphatic rings. The Morgan fingerprint density at radius 3 is 2.42 bits per heavy atom. The number of fused-ring (bicyclic) bond motifs is 1. The fourth-order valence-corrected chi connectivity index (χ4v) is 2.09. The molecule has 5 heteroatoms. The molecule has 0 unspecified atom stereocenters. The van der Waals surface area contributed by atoms with Crippen molar-refractivity contribution >= 4 is 17.0 Å². The minimum absolute atomic E-state index is 0.118. The van der Waals surface area contributed by atoms with Crippen LogP contribution in [0.4, 0.5) is 0 Å². The molecule has 2 aromatic rings. The number of aromatic nitrogens is 2. The summed E-state index contributed by atoms with van der Waals surface area (Å²) in [5.74, 6) is -0.0132. The third kappa shape index (κ3) is 2.28. The zero-order valence-corrected chi connectivity index (χ0v) is 11.9. The van der Waals surface area contributed by atoms with Crippen LogP contribution in [0.2, 0.25) is 0 Å². The lowest BCUT2D eigenvalue weighted by molar-refractivity contribution is 0.0697. The van der Waals surface area contributed by atoms with E-state index in [1.165, 1.54) is 0 Å². The third-order valence-electron chi connectivity index (χ3n) is 2.95. The summed E-state index contributed by atoms with van der Waals surface area (Å²) in [6.07, 6.45) is 0. The van der Waals surface area contributed by atoms with Gasteiger partial charge in [0, 0.05) is 19.5 Å². The largest absolute Gasteiger partial charge is 0.478 e. The van der Waals surface area contributed by atoms with E-state index < -0.39 is 5.97 Å². The topological polar surface area (TPSA) is 58.4 Å². The Hall–Kier alpha value is -2.04. The minimum atomic E-state index is -0.925. The predicted octanol–water partition coefficient (Wildman–Crippen LogP) is 2.23. The molecule has 1 N–H and O–H groups in total. The summed E-state index contributed by atoms with van der Waals surface area (Å²) in [5, 5.41) is 11.0. The number of aromatic carboxylic acids is 1. The van der Waals surface area contributed by atoms with Gasteiger partial charge in [0.05, 0.1) is 16.6 Å². The normalized spacial score (nSPS) is 11.8. The summed E-state index contributed by atoms with van der Waals surface area (Å²) < 4.78 is 1.96. The highest BCUT2D eigenvalue weighted by Crippen LogP contribution is 2.26. The van der Waals surface area contributed by atoms with Gasteiger partial charge in [0.15, 0.2) is 0 Å². The van der Waals surface area contributed by atoms with Crippen LogP contribution >= 0.6 is 0 Å². The van der Waals surface area contributed by atoms with Crippen molar-refractivity contribution in [3.63, 3.8) is 0 Å². The number of rotatable bonds is 2. The number of carboxylic acids is 1. The van der Waals surface area contributed by atoms with E-state index in [1.54, 1.807) is 18.2 Å². The van der Waals surface area contributed by atoms with E-state index in [-0.39, 0.29) is 11.0 Å². The van der Waals surface area contributed by atoms with Crippen LogP contribution in [0.1, 0.15) is 37.0 Å². The van der Waals surface area contributed by atoms with Crippen molar-refractivity contribution in [2.75, 3.05) is 19.1 Å². The van der Waals surface area contributed by atoms with Gasteiger partial charge in [0.1, 0.15) is 5.82 Å². The molecular weight excluding hydrogens is 242 g/mol. The van der Waals surface area contributed by atoms with Crippen molar-refractivity contribution < 1.29 is 9.90 Å². The zero-order chi connectivity index (χ0) is 14.4. The van der Waals surface area contributed by atoms with Crippen LogP contribution in [-0.4, -0.2) is 34.8 Å². The van der Waals surface area contributed by atoms with Crippen molar-refractivity contribution in [1.29, 1.82) is 0 Å². The number of benzene rings is 1. The first-order valence-electron chi connectivity index (χ1n) is 6.15. The molecule has 1 aromatic carbocycles. The van der Waals surface area contributed by atoms with Crippen LogP contribution in [0.25, 0.3) is 11.0 Å². The maximum absolute atomic E-state index is 11.1. The summed E-state index contributed by atoms with van der Waals surface area (Å²) in [7, 11) is 3.84. The van der Waals surface area contributed by atoms with Gasteiger partial charge in [-0.3, -0.25) is 0 Å². The predicted molar refractivity (Wildman–Crippen MR) is 75.5 cm³/mol. The Bertz CT molecular complexity index is 636. The third-order valence-corrected chi connectivity index (χ3v) is 2.95. The number of imidazole rings is 1.